The van der Waals surface area contributed by atoms with E-state index in [9.17, 15) is 57.6 Å². The Bertz CT molecular complexity index is 1820. The Hall–Kier alpha value is -5.42. The number of primary amides is 1. The predicted octanol–water partition coefficient (Wildman–Crippen LogP) is 1.54. The first-order chi connectivity index (χ1) is 22.4. The Balaban J connectivity index is 1.60. The summed E-state index contributed by atoms with van der Waals surface area (Å²) in [5, 5.41) is 47.0. The molecule has 0 radical (unpaired) electrons. The number of rotatable bonds is 6. The predicted molar refractivity (Wildman–Crippen MR) is 156 cm³/mol. The lowest BCUT2D eigenvalue weighted by Crippen LogP contribution is -2.65. The SMILES string of the molecule is CN(C)[C@@H]1C(=O)C(C(N)=O)=C(O)[C@@]2(O)C(=O)C3=C(O)c4c(O)c(NC(=O)C(=O)OCc5ccccc5)cc(OC(F)(F)F)c4C[C@H]3C[C@@H]12. The van der Waals surface area contributed by atoms with Crippen molar-refractivity contribution in [3.8, 4) is 11.5 Å². The van der Waals surface area contributed by atoms with Crippen LogP contribution in [0.2, 0.25) is 0 Å². The van der Waals surface area contributed by atoms with Gasteiger partial charge in [0.25, 0.3) is 5.91 Å². The van der Waals surface area contributed by atoms with Crippen molar-refractivity contribution in [1.82, 2.24) is 4.90 Å². The largest absolute Gasteiger partial charge is 0.573 e. The van der Waals surface area contributed by atoms with Gasteiger partial charge in [-0.05, 0) is 38.4 Å². The van der Waals surface area contributed by atoms with Gasteiger partial charge >= 0.3 is 18.2 Å². The molecule has 0 bridgehead atoms. The van der Waals surface area contributed by atoms with Crippen LogP contribution in [0, 0.1) is 11.8 Å². The highest BCUT2D eigenvalue weighted by atomic mass is 19.4. The van der Waals surface area contributed by atoms with Gasteiger partial charge in [-0.25, -0.2) is 4.79 Å². The fourth-order valence-electron chi connectivity index (χ4n) is 6.55. The zero-order valence-corrected chi connectivity index (χ0v) is 25.1. The van der Waals surface area contributed by atoms with Gasteiger partial charge in [-0.3, -0.25) is 24.1 Å². The number of phenolic OH excluding ortho intramolecular Hbond substituents is 1. The van der Waals surface area contributed by atoms with E-state index in [1.165, 1.54) is 19.0 Å². The van der Waals surface area contributed by atoms with Crippen LogP contribution in [0.15, 0.2) is 53.3 Å². The van der Waals surface area contributed by atoms with Gasteiger partial charge in [0.15, 0.2) is 17.1 Å². The van der Waals surface area contributed by atoms with Gasteiger partial charge in [-0.1, -0.05) is 30.3 Å². The van der Waals surface area contributed by atoms with Gasteiger partial charge in [-0.15, -0.1) is 13.2 Å². The number of amides is 2. The van der Waals surface area contributed by atoms with Gasteiger partial charge < -0.3 is 41.0 Å². The second-order valence-electron chi connectivity index (χ2n) is 11.6. The number of aromatic hydroxyl groups is 1. The summed E-state index contributed by atoms with van der Waals surface area (Å²) in [5.74, 6) is -14.2. The third-order valence-electron chi connectivity index (χ3n) is 8.55. The number of hydrogen-bond donors (Lipinski definition) is 6. The number of hydrogen-bond acceptors (Lipinski definition) is 12. The summed E-state index contributed by atoms with van der Waals surface area (Å²) in [6.07, 6.45) is -6.28. The summed E-state index contributed by atoms with van der Waals surface area (Å²) >= 11 is 0. The van der Waals surface area contributed by atoms with E-state index in [4.69, 9.17) is 10.5 Å². The number of ketones is 2. The molecule has 3 aliphatic carbocycles. The zero-order valence-electron chi connectivity index (χ0n) is 25.1. The standard InChI is InChI=1S/C31H28F3N3O11/c1-37(2)21-15-9-13-8-14-17(48-31(32,33)34)10-16(36-28(44)29(45)47-11-12-6-4-3-5-7-12)22(38)19(14)23(39)18(13)25(41)30(15,46)26(42)20(24(21)40)27(35)43/h3-7,10,13,15,21,38-39,42,46H,8-9,11H2,1-2H3,(H2,35,43)(H,36,44)/t13-,15-,21-,30-/m0/s1. The highest BCUT2D eigenvalue weighted by Gasteiger charge is 2.64. The van der Waals surface area contributed by atoms with Crippen LogP contribution in [0.5, 0.6) is 11.5 Å². The summed E-state index contributed by atoms with van der Waals surface area (Å²) in [4.78, 5) is 65.6. The minimum atomic E-state index is -5.34. The Morgan fingerprint density at radius 3 is 2.33 bits per heavy atom. The number of halogens is 3. The van der Waals surface area contributed by atoms with Gasteiger partial charge in [0.2, 0.25) is 5.78 Å². The van der Waals surface area contributed by atoms with Crippen molar-refractivity contribution in [2.75, 3.05) is 19.4 Å². The van der Waals surface area contributed by atoms with E-state index in [0.29, 0.717) is 11.6 Å². The number of esters is 1. The highest BCUT2D eigenvalue weighted by molar-refractivity contribution is 6.37. The number of nitrogens with two attached hydrogens (primary N) is 1. The van der Waals surface area contributed by atoms with Crippen LogP contribution in [-0.2, 0) is 41.7 Å². The average molecular weight is 676 g/mol. The van der Waals surface area contributed by atoms with E-state index in [1.54, 1.807) is 30.3 Å². The third kappa shape index (κ3) is 5.60. The second-order valence-corrected chi connectivity index (χ2v) is 11.6. The number of aliphatic hydroxyl groups excluding tert-OH is 2. The van der Waals surface area contributed by atoms with Gasteiger partial charge in [-0.2, -0.15) is 0 Å². The average Bonchev–Trinajstić information content (AvgIpc) is 2.99. The molecule has 0 spiro atoms. The topological polar surface area (TPSA) is 226 Å². The maximum absolute atomic E-state index is 14.0. The Morgan fingerprint density at radius 1 is 1.10 bits per heavy atom. The molecular weight excluding hydrogens is 647 g/mol. The highest BCUT2D eigenvalue weighted by Crippen LogP contribution is 2.55. The number of carbonyl (C=O) groups is 5. The number of likely N-dealkylation sites (N-methyl/N-ethyl adjacent to an activating group) is 1. The molecule has 2 aromatic carbocycles. The Kier molecular flexibility index (Phi) is 8.47. The fraction of sp³-hybridized carbons (Fsp3) is 0.323. The van der Waals surface area contributed by atoms with Gasteiger partial charge in [0.1, 0.15) is 29.4 Å². The van der Waals surface area contributed by atoms with Crippen molar-refractivity contribution in [1.29, 1.82) is 0 Å². The van der Waals surface area contributed by atoms with Crippen LogP contribution >= 0.6 is 0 Å². The fourth-order valence-corrected chi connectivity index (χ4v) is 6.55. The van der Waals surface area contributed by atoms with Crippen LogP contribution in [-0.4, -0.2) is 86.8 Å². The molecule has 0 unspecified atom stereocenters. The van der Waals surface area contributed by atoms with Crippen LogP contribution in [0.3, 0.4) is 0 Å². The molecule has 1 fully saturated rings. The summed E-state index contributed by atoms with van der Waals surface area (Å²) in [6, 6.07) is 7.29. The number of benzene rings is 2. The number of Topliss-reactive ketones (excluding diaryl/α,β-unsaturated/α-hetero) is 2. The normalized spacial score (nSPS) is 23.7. The molecule has 17 heteroatoms. The van der Waals surface area contributed by atoms with E-state index in [-0.39, 0.29) is 6.61 Å². The quantitative estimate of drug-likeness (QED) is 0.111. The molecule has 2 aromatic rings. The zero-order chi connectivity index (χ0) is 35.5. The number of phenols is 1. The smallest absolute Gasteiger partial charge is 0.508 e. The molecule has 7 N–H and O–H groups in total. The number of nitrogens with one attached hydrogen (secondary N) is 1. The molecule has 2 amide bonds. The molecule has 5 rings (SSSR count). The van der Waals surface area contributed by atoms with E-state index < -0.39 is 123 Å². The number of aliphatic hydroxyl groups is 3. The van der Waals surface area contributed by atoms with E-state index in [2.05, 4.69) is 4.74 Å². The summed E-state index contributed by atoms with van der Waals surface area (Å²) < 4.78 is 49.7. The molecule has 4 atom stereocenters. The van der Waals surface area contributed by atoms with Crippen molar-refractivity contribution >= 4 is 40.8 Å². The molecule has 254 valence electrons. The molecule has 14 nitrogen and oxygen atoms in total. The molecule has 48 heavy (non-hydrogen) atoms. The van der Waals surface area contributed by atoms with E-state index >= 15 is 0 Å². The Labute approximate surface area is 268 Å². The minimum Gasteiger partial charge on any atom is -0.508 e. The van der Waals surface area contributed by atoms with Crippen LogP contribution in [0.4, 0.5) is 18.9 Å². The maximum Gasteiger partial charge on any atom is 0.573 e. The van der Waals surface area contributed by atoms with Gasteiger partial charge in [0.05, 0.1) is 17.3 Å². The van der Waals surface area contributed by atoms with Crippen molar-refractivity contribution in [2.24, 2.45) is 17.6 Å². The molecule has 1 saturated carbocycles. The lowest BCUT2D eigenvalue weighted by Gasteiger charge is -2.50. The molecule has 0 aromatic heterocycles. The second kappa shape index (κ2) is 12.0. The molecule has 0 saturated heterocycles. The number of fused-ring (bicyclic) bond motifs is 3. The van der Waals surface area contributed by atoms with Crippen LogP contribution in [0.25, 0.3) is 5.76 Å². The molecular formula is C31H28F3N3O11. The van der Waals surface area contributed by atoms with Crippen LogP contribution < -0.4 is 15.8 Å². The number of alkyl halides is 3. The molecule has 3 aliphatic rings. The Morgan fingerprint density at radius 2 is 1.75 bits per heavy atom. The monoisotopic (exact) mass is 675 g/mol. The molecule has 0 heterocycles. The van der Waals surface area contributed by atoms with Crippen molar-refractivity contribution in [2.45, 2.75) is 37.5 Å². The van der Waals surface area contributed by atoms with Crippen molar-refractivity contribution in [3.63, 3.8) is 0 Å². The van der Waals surface area contributed by atoms with Crippen LogP contribution in [0.1, 0.15) is 23.1 Å². The summed E-state index contributed by atoms with van der Waals surface area (Å²) in [7, 11) is 2.77. The summed E-state index contributed by atoms with van der Waals surface area (Å²) in [6.45, 7) is -0.342. The number of anilines is 1. The number of carbonyl (C=O) groups excluding carboxylic acids is 5. The van der Waals surface area contributed by atoms with E-state index in [0.717, 1.165) is 0 Å². The van der Waals surface area contributed by atoms with E-state index in [1.807, 2.05) is 5.32 Å². The minimum absolute atomic E-state index is 0.342. The van der Waals surface area contributed by atoms with Crippen molar-refractivity contribution < 1.29 is 67.0 Å². The lowest BCUT2D eigenvalue weighted by atomic mass is 9.57. The molecule has 0 aliphatic heterocycles. The first kappa shape index (κ1) is 33.9. The maximum atomic E-state index is 14.0. The van der Waals surface area contributed by atoms with Gasteiger partial charge in [0, 0.05) is 23.1 Å². The first-order valence-corrected chi connectivity index (χ1v) is 14.2. The summed E-state index contributed by atoms with van der Waals surface area (Å²) in [5.41, 5.74) is -1.07. The first-order valence-electron chi connectivity index (χ1n) is 14.2. The lowest BCUT2D eigenvalue weighted by molar-refractivity contribution is -0.275. The third-order valence-corrected chi connectivity index (χ3v) is 8.55. The van der Waals surface area contributed by atoms with Crippen molar-refractivity contribution in [3.05, 3.63) is 70.0 Å². The number of nitrogens with zero attached hydrogens (tertiary/aromatic N) is 1. The number of ether oxygens (including phenoxy) is 2.